The second-order valence-electron chi connectivity index (χ2n) is 7.10. The highest BCUT2D eigenvalue weighted by molar-refractivity contribution is 6.31. The van der Waals surface area contributed by atoms with Gasteiger partial charge in [0.2, 0.25) is 0 Å². The standard InChI is InChI=1S/C22H25ClN4/c1-2-10-27-21-15-19(23)8-9-20(21)24-22(27)17-26-13-11-25(12-14-26)16-18-6-4-3-5-7-18/h2-9,15H,1,10-14,16-17H2. The molecule has 0 spiro atoms. The number of benzene rings is 2. The van der Waals surface area contributed by atoms with Crippen molar-refractivity contribution in [1.82, 2.24) is 19.4 Å². The van der Waals surface area contributed by atoms with E-state index in [4.69, 9.17) is 16.6 Å². The number of halogens is 1. The molecule has 0 saturated carbocycles. The lowest BCUT2D eigenvalue weighted by Crippen LogP contribution is -2.45. The molecule has 0 atom stereocenters. The molecule has 2 aromatic carbocycles. The van der Waals surface area contributed by atoms with Crippen molar-refractivity contribution in [2.75, 3.05) is 26.2 Å². The Balaban J connectivity index is 1.43. The number of nitrogens with zero attached hydrogens (tertiary/aromatic N) is 4. The van der Waals surface area contributed by atoms with E-state index < -0.39 is 0 Å². The van der Waals surface area contributed by atoms with E-state index in [1.54, 1.807) is 0 Å². The van der Waals surface area contributed by atoms with Gasteiger partial charge in [-0.3, -0.25) is 9.80 Å². The molecule has 1 aliphatic rings. The molecule has 1 fully saturated rings. The molecule has 1 aliphatic heterocycles. The van der Waals surface area contributed by atoms with Gasteiger partial charge in [0.15, 0.2) is 0 Å². The topological polar surface area (TPSA) is 24.3 Å². The molecule has 1 aromatic heterocycles. The SMILES string of the molecule is C=CCn1c(CN2CCN(Cc3ccccc3)CC2)nc2ccc(Cl)cc21. The average Bonchev–Trinajstić information content (AvgIpc) is 3.01. The monoisotopic (exact) mass is 380 g/mol. The van der Waals surface area contributed by atoms with Crippen molar-refractivity contribution in [3.63, 3.8) is 0 Å². The molecular formula is C22H25ClN4. The van der Waals surface area contributed by atoms with Crippen molar-refractivity contribution >= 4 is 22.6 Å². The zero-order chi connectivity index (χ0) is 18.6. The fraction of sp³-hybridized carbons (Fsp3) is 0.318. The van der Waals surface area contributed by atoms with Crippen LogP contribution in [0.5, 0.6) is 0 Å². The third-order valence-corrected chi connectivity index (χ3v) is 5.42. The first kappa shape index (κ1) is 18.2. The van der Waals surface area contributed by atoms with Gasteiger partial charge >= 0.3 is 0 Å². The van der Waals surface area contributed by atoms with Crippen LogP contribution in [-0.2, 0) is 19.6 Å². The maximum Gasteiger partial charge on any atom is 0.124 e. The number of hydrogen-bond donors (Lipinski definition) is 0. The van der Waals surface area contributed by atoms with E-state index in [2.05, 4.69) is 51.3 Å². The lowest BCUT2D eigenvalue weighted by Gasteiger charge is -2.34. The third kappa shape index (κ3) is 4.24. The van der Waals surface area contributed by atoms with Crippen molar-refractivity contribution in [3.05, 3.63) is 77.6 Å². The lowest BCUT2D eigenvalue weighted by atomic mass is 10.2. The van der Waals surface area contributed by atoms with Gasteiger partial charge in [0.1, 0.15) is 5.82 Å². The van der Waals surface area contributed by atoms with Crippen molar-refractivity contribution < 1.29 is 0 Å². The van der Waals surface area contributed by atoms with Gasteiger partial charge in [-0.25, -0.2) is 4.98 Å². The van der Waals surface area contributed by atoms with Gasteiger partial charge < -0.3 is 4.57 Å². The Morgan fingerprint density at radius 1 is 0.963 bits per heavy atom. The molecule has 0 radical (unpaired) electrons. The molecule has 3 aromatic rings. The summed E-state index contributed by atoms with van der Waals surface area (Å²) in [4.78, 5) is 9.87. The molecular weight excluding hydrogens is 356 g/mol. The van der Waals surface area contributed by atoms with Gasteiger partial charge in [-0.15, -0.1) is 6.58 Å². The number of rotatable bonds is 6. The van der Waals surface area contributed by atoms with Crippen LogP contribution in [0.3, 0.4) is 0 Å². The molecule has 4 nitrogen and oxygen atoms in total. The normalized spacial score (nSPS) is 16.0. The summed E-state index contributed by atoms with van der Waals surface area (Å²) in [7, 11) is 0. The fourth-order valence-corrected chi connectivity index (χ4v) is 3.91. The number of piperazine rings is 1. The van der Waals surface area contributed by atoms with Crippen LogP contribution in [0.1, 0.15) is 11.4 Å². The molecule has 2 heterocycles. The van der Waals surface area contributed by atoms with Gasteiger partial charge in [0.05, 0.1) is 17.6 Å². The zero-order valence-electron chi connectivity index (χ0n) is 15.5. The number of fused-ring (bicyclic) bond motifs is 1. The molecule has 0 unspecified atom stereocenters. The molecule has 27 heavy (non-hydrogen) atoms. The Labute approximate surface area is 165 Å². The highest BCUT2D eigenvalue weighted by Crippen LogP contribution is 2.22. The number of imidazole rings is 1. The summed E-state index contributed by atoms with van der Waals surface area (Å²) in [6.45, 7) is 10.8. The summed E-state index contributed by atoms with van der Waals surface area (Å²) >= 11 is 6.19. The molecule has 0 amide bonds. The van der Waals surface area contributed by atoms with Crippen LogP contribution in [0.15, 0.2) is 61.2 Å². The van der Waals surface area contributed by atoms with Gasteiger partial charge in [0.25, 0.3) is 0 Å². The summed E-state index contributed by atoms with van der Waals surface area (Å²) in [6, 6.07) is 16.6. The Morgan fingerprint density at radius 2 is 1.67 bits per heavy atom. The van der Waals surface area contributed by atoms with Gasteiger partial charge in [-0.1, -0.05) is 48.0 Å². The zero-order valence-corrected chi connectivity index (χ0v) is 16.3. The number of aromatic nitrogens is 2. The van der Waals surface area contributed by atoms with Crippen LogP contribution < -0.4 is 0 Å². The highest BCUT2D eigenvalue weighted by atomic mass is 35.5. The predicted molar refractivity (Wildman–Crippen MR) is 112 cm³/mol. The summed E-state index contributed by atoms with van der Waals surface area (Å²) in [5.41, 5.74) is 3.47. The van der Waals surface area contributed by atoms with Crippen LogP contribution in [0, 0.1) is 0 Å². The summed E-state index contributed by atoms with van der Waals surface area (Å²) in [5.74, 6) is 1.09. The molecule has 0 N–H and O–H groups in total. The van der Waals surface area contributed by atoms with Crippen LogP contribution in [0.2, 0.25) is 5.02 Å². The molecule has 0 aliphatic carbocycles. The van der Waals surface area contributed by atoms with Gasteiger partial charge in [0, 0.05) is 44.3 Å². The average molecular weight is 381 g/mol. The van der Waals surface area contributed by atoms with Gasteiger partial charge in [-0.2, -0.15) is 0 Å². The number of hydrogen-bond acceptors (Lipinski definition) is 3. The maximum absolute atomic E-state index is 6.19. The Kier molecular flexibility index (Phi) is 5.58. The highest BCUT2D eigenvalue weighted by Gasteiger charge is 2.20. The smallest absolute Gasteiger partial charge is 0.124 e. The minimum Gasteiger partial charge on any atom is -0.323 e. The number of allylic oxidation sites excluding steroid dienone is 1. The van der Waals surface area contributed by atoms with E-state index in [-0.39, 0.29) is 0 Å². The first-order valence-electron chi connectivity index (χ1n) is 9.47. The van der Waals surface area contributed by atoms with Crippen LogP contribution >= 0.6 is 11.6 Å². The molecule has 5 heteroatoms. The maximum atomic E-state index is 6.19. The third-order valence-electron chi connectivity index (χ3n) is 5.18. The minimum absolute atomic E-state index is 0.744. The summed E-state index contributed by atoms with van der Waals surface area (Å²) in [6.07, 6.45) is 1.92. The van der Waals surface area contributed by atoms with E-state index >= 15 is 0 Å². The van der Waals surface area contributed by atoms with E-state index in [1.807, 2.05) is 24.3 Å². The fourth-order valence-electron chi connectivity index (χ4n) is 3.75. The van der Waals surface area contributed by atoms with Crippen molar-refractivity contribution in [1.29, 1.82) is 0 Å². The quantitative estimate of drug-likeness (QED) is 0.599. The van der Waals surface area contributed by atoms with Crippen molar-refractivity contribution in [2.24, 2.45) is 0 Å². The lowest BCUT2D eigenvalue weighted by molar-refractivity contribution is 0.119. The second kappa shape index (κ2) is 8.26. The Bertz CT molecular complexity index is 911. The molecule has 140 valence electrons. The first-order chi connectivity index (χ1) is 13.2. The second-order valence-corrected chi connectivity index (χ2v) is 7.53. The van der Waals surface area contributed by atoms with E-state index in [9.17, 15) is 0 Å². The molecule has 4 rings (SSSR count). The van der Waals surface area contributed by atoms with E-state index in [0.29, 0.717) is 0 Å². The Hall–Kier alpha value is -2.14. The minimum atomic E-state index is 0.744. The van der Waals surface area contributed by atoms with Crippen molar-refractivity contribution in [2.45, 2.75) is 19.6 Å². The van der Waals surface area contributed by atoms with Crippen LogP contribution in [-0.4, -0.2) is 45.5 Å². The molecule has 1 saturated heterocycles. The van der Waals surface area contributed by atoms with Gasteiger partial charge in [-0.05, 0) is 23.8 Å². The van der Waals surface area contributed by atoms with Crippen LogP contribution in [0.4, 0.5) is 0 Å². The largest absolute Gasteiger partial charge is 0.323 e. The first-order valence-corrected chi connectivity index (χ1v) is 9.85. The van der Waals surface area contributed by atoms with E-state index in [0.717, 1.165) is 67.7 Å². The van der Waals surface area contributed by atoms with E-state index in [1.165, 1.54) is 5.56 Å². The summed E-state index contributed by atoms with van der Waals surface area (Å²) in [5, 5.41) is 0.744. The summed E-state index contributed by atoms with van der Waals surface area (Å²) < 4.78 is 2.23. The van der Waals surface area contributed by atoms with Crippen LogP contribution in [0.25, 0.3) is 11.0 Å². The Morgan fingerprint density at radius 3 is 2.37 bits per heavy atom. The predicted octanol–water partition coefficient (Wildman–Crippen LogP) is 4.19. The molecule has 0 bridgehead atoms. The van der Waals surface area contributed by atoms with Crippen molar-refractivity contribution in [3.8, 4) is 0 Å².